The van der Waals surface area contributed by atoms with Gasteiger partial charge in [0.25, 0.3) is 5.91 Å². The number of amides is 1. The summed E-state index contributed by atoms with van der Waals surface area (Å²) < 4.78 is 2.02. The van der Waals surface area contributed by atoms with E-state index in [9.17, 15) is 4.79 Å². The molecule has 2 aromatic rings. The SMILES string of the molecule is Cc1nnc(NC(=O)c2ccc(C(C)(C)C)s2)n1C1CC1. The number of anilines is 1. The number of nitrogens with zero attached hydrogens (tertiary/aromatic N) is 3. The Labute approximate surface area is 128 Å². The molecule has 0 bridgehead atoms. The molecule has 0 saturated heterocycles. The number of rotatable bonds is 3. The van der Waals surface area contributed by atoms with Crippen molar-refractivity contribution in [1.29, 1.82) is 0 Å². The number of hydrogen-bond donors (Lipinski definition) is 1. The summed E-state index contributed by atoms with van der Waals surface area (Å²) in [7, 11) is 0. The highest BCUT2D eigenvalue weighted by atomic mass is 32.1. The van der Waals surface area contributed by atoms with Crippen molar-refractivity contribution in [3.8, 4) is 0 Å². The van der Waals surface area contributed by atoms with Crippen LogP contribution in [0.25, 0.3) is 0 Å². The number of hydrogen-bond acceptors (Lipinski definition) is 4. The van der Waals surface area contributed by atoms with Crippen LogP contribution in [0.3, 0.4) is 0 Å². The third-order valence-corrected chi connectivity index (χ3v) is 5.08. The van der Waals surface area contributed by atoms with Crippen LogP contribution in [0.2, 0.25) is 0 Å². The summed E-state index contributed by atoms with van der Waals surface area (Å²) in [4.78, 5) is 14.3. The molecule has 0 unspecified atom stereocenters. The molecule has 1 saturated carbocycles. The molecule has 5 nitrogen and oxygen atoms in total. The van der Waals surface area contributed by atoms with Crippen LogP contribution in [0.15, 0.2) is 12.1 Å². The van der Waals surface area contributed by atoms with Gasteiger partial charge in [-0.2, -0.15) is 0 Å². The average molecular weight is 304 g/mol. The van der Waals surface area contributed by atoms with Gasteiger partial charge in [-0.15, -0.1) is 21.5 Å². The number of thiophene rings is 1. The average Bonchev–Trinajstić information content (AvgIpc) is 2.97. The van der Waals surface area contributed by atoms with Crippen molar-refractivity contribution in [1.82, 2.24) is 14.8 Å². The van der Waals surface area contributed by atoms with Gasteiger partial charge in [-0.25, -0.2) is 0 Å². The Hall–Kier alpha value is -1.69. The van der Waals surface area contributed by atoms with Crippen molar-refractivity contribution in [2.24, 2.45) is 0 Å². The van der Waals surface area contributed by atoms with Gasteiger partial charge in [0.05, 0.1) is 4.88 Å². The molecule has 6 heteroatoms. The Kier molecular flexibility index (Phi) is 3.36. The zero-order valence-electron chi connectivity index (χ0n) is 12.8. The number of carbonyl (C=O) groups excluding carboxylic acids is 1. The van der Waals surface area contributed by atoms with Gasteiger partial charge in [-0.05, 0) is 37.3 Å². The van der Waals surface area contributed by atoms with Crippen LogP contribution in [0, 0.1) is 6.92 Å². The lowest BCUT2D eigenvalue weighted by Crippen LogP contribution is -2.15. The van der Waals surface area contributed by atoms with E-state index < -0.39 is 0 Å². The van der Waals surface area contributed by atoms with E-state index in [1.807, 2.05) is 23.6 Å². The van der Waals surface area contributed by atoms with Crippen LogP contribution >= 0.6 is 11.3 Å². The molecule has 1 N–H and O–H groups in total. The maximum absolute atomic E-state index is 12.4. The van der Waals surface area contributed by atoms with Crippen LogP contribution in [-0.2, 0) is 5.41 Å². The lowest BCUT2D eigenvalue weighted by atomic mass is 9.95. The van der Waals surface area contributed by atoms with E-state index in [1.165, 1.54) is 16.2 Å². The molecule has 0 spiro atoms. The zero-order chi connectivity index (χ0) is 15.2. The molecule has 0 aromatic carbocycles. The summed E-state index contributed by atoms with van der Waals surface area (Å²) in [5.41, 5.74) is 0.0633. The second kappa shape index (κ2) is 4.94. The minimum absolute atomic E-state index is 0.0633. The van der Waals surface area contributed by atoms with Crippen LogP contribution in [-0.4, -0.2) is 20.7 Å². The molecule has 2 aromatic heterocycles. The quantitative estimate of drug-likeness (QED) is 0.943. The van der Waals surface area contributed by atoms with E-state index in [1.54, 1.807) is 0 Å². The molecule has 1 aliphatic carbocycles. The Bertz CT molecular complexity index is 676. The summed E-state index contributed by atoms with van der Waals surface area (Å²) >= 11 is 1.53. The normalized spacial score (nSPS) is 15.2. The fourth-order valence-corrected chi connectivity index (χ4v) is 3.21. The van der Waals surface area contributed by atoms with E-state index in [4.69, 9.17) is 0 Å². The van der Waals surface area contributed by atoms with Gasteiger partial charge in [-0.1, -0.05) is 20.8 Å². The van der Waals surface area contributed by atoms with Crippen LogP contribution < -0.4 is 5.32 Å². The third kappa shape index (κ3) is 2.85. The van der Waals surface area contributed by atoms with Crippen molar-refractivity contribution in [3.63, 3.8) is 0 Å². The van der Waals surface area contributed by atoms with Crippen molar-refractivity contribution in [3.05, 3.63) is 27.7 Å². The lowest BCUT2D eigenvalue weighted by molar-refractivity contribution is 0.102. The maximum Gasteiger partial charge on any atom is 0.268 e. The minimum Gasteiger partial charge on any atom is -0.294 e. The predicted molar refractivity (Wildman–Crippen MR) is 84.0 cm³/mol. The van der Waals surface area contributed by atoms with E-state index in [-0.39, 0.29) is 11.3 Å². The summed E-state index contributed by atoms with van der Waals surface area (Å²) in [6.07, 6.45) is 2.27. The predicted octanol–water partition coefficient (Wildman–Crippen LogP) is 3.53. The lowest BCUT2D eigenvalue weighted by Gasteiger charge is -2.15. The second-order valence-corrected chi connectivity index (χ2v) is 7.62. The molecular weight excluding hydrogens is 284 g/mol. The highest BCUT2D eigenvalue weighted by Crippen LogP contribution is 2.38. The van der Waals surface area contributed by atoms with Gasteiger partial charge < -0.3 is 0 Å². The third-order valence-electron chi connectivity index (χ3n) is 3.57. The number of aryl methyl sites for hydroxylation is 1. The molecule has 112 valence electrons. The van der Waals surface area contributed by atoms with E-state index >= 15 is 0 Å². The molecule has 21 heavy (non-hydrogen) atoms. The van der Waals surface area contributed by atoms with Crippen molar-refractivity contribution in [2.75, 3.05) is 5.32 Å². The number of aromatic nitrogens is 3. The maximum atomic E-state index is 12.4. The fraction of sp³-hybridized carbons (Fsp3) is 0.533. The molecule has 0 atom stereocenters. The van der Waals surface area contributed by atoms with Crippen LogP contribution in [0.5, 0.6) is 0 Å². The van der Waals surface area contributed by atoms with Crippen LogP contribution in [0.4, 0.5) is 5.95 Å². The van der Waals surface area contributed by atoms with Gasteiger partial charge in [0, 0.05) is 10.9 Å². The Morgan fingerprint density at radius 1 is 1.33 bits per heavy atom. The first kappa shape index (κ1) is 14.3. The highest BCUT2D eigenvalue weighted by Gasteiger charge is 2.29. The largest absolute Gasteiger partial charge is 0.294 e. The van der Waals surface area contributed by atoms with E-state index in [0.29, 0.717) is 16.9 Å². The van der Waals surface area contributed by atoms with Crippen LogP contribution in [0.1, 0.15) is 60.0 Å². The second-order valence-electron chi connectivity index (χ2n) is 6.54. The van der Waals surface area contributed by atoms with Gasteiger partial charge in [0.1, 0.15) is 5.82 Å². The van der Waals surface area contributed by atoms with E-state index in [2.05, 4.69) is 36.3 Å². The van der Waals surface area contributed by atoms with Gasteiger partial charge in [0.2, 0.25) is 5.95 Å². The van der Waals surface area contributed by atoms with Gasteiger partial charge in [0.15, 0.2) is 0 Å². The summed E-state index contributed by atoms with van der Waals surface area (Å²) in [5.74, 6) is 1.31. The summed E-state index contributed by atoms with van der Waals surface area (Å²) in [6.45, 7) is 8.36. The van der Waals surface area contributed by atoms with Crippen molar-refractivity contribution in [2.45, 2.75) is 52.0 Å². The van der Waals surface area contributed by atoms with Crippen molar-refractivity contribution < 1.29 is 4.79 Å². The first-order chi connectivity index (χ1) is 9.86. The van der Waals surface area contributed by atoms with Gasteiger partial charge >= 0.3 is 0 Å². The van der Waals surface area contributed by atoms with Crippen molar-refractivity contribution >= 4 is 23.2 Å². The minimum atomic E-state index is -0.107. The fourth-order valence-electron chi connectivity index (χ4n) is 2.25. The topological polar surface area (TPSA) is 59.8 Å². The molecule has 1 amide bonds. The number of carbonyl (C=O) groups is 1. The molecular formula is C15H20N4OS. The molecule has 0 radical (unpaired) electrons. The molecule has 1 fully saturated rings. The summed E-state index contributed by atoms with van der Waals surface area (Å²) in [6, 6.07) is 4.35. The Balaban J connectivity index is 1.79. The first-order valence-electron chi connectivity index (χ1n) is 7.19. The van der Waals surface area contributed by atoms with E-state index in [0.717, 1.165) is 18.7 Å². The molecule has 2 heterocycles. The first-order valence-corrected chi connectivity index (χ1v) is 8.01. The molecule has 3 rings (SSSR count). The molecule has 1 aliphatic rings. The standard InChI is InChI=1S/C15H20N4OS/c1-9-17-18-14(19(9)10-5-6-10)16-13(20)11-7-8-12(21-11)15(2,3)4/h7-8,10H,5-6H2,1-4H3,(H,16,18,20). The number of nitrogens with one attached hydrogen (secondary N) is 1. The molecule has 0 aliphatic heterocycles. The Morgan fingerprint density at radius 3 is 2.62 bits per heavy atom. The summed E-state index contributed by atoms with van der Waals surface area (Å²) in [5, 5.41) is 11.0. The monoisotopic (exact) mass is 304 g/mol. The van der Waals surface area contributed by atoms with Gasteiger partial charge in [-0.3, -0.25) is 14.7 Å². The zero-order valence-corrected chi connectivity index (χ0v) is 13.6. The highest BCUT2D eigenvalue weighted by molar-refractivity contribution is 7.14. The Morgan fingerprint density at radius 2 is 2.05 bits per heavy atom. The smallest absolute Gasteiger partial charge is 0.268 e.